The molecular weight excluding hydrogens is 418 g/mol. The van der Waals surface area contributed by atoms with Crippen LogP contribution in [0.15, 0.2) is 47.3 Å². The highest BCUT2D eigenvalue weighted by Crippen LogP contribution is 2.30. The summed E-state index contributed by atoms with van der Waals surface area (Å²) in [7, 11) is 1.45. The number of carbonyl (C=O) groups excluding carboxylic acids is 1. The quantitative estimate of drug-likeness (QED) is 0.528. The average Bonchev–Trinajstić information content (AvgIpc) is 3.19. The summed E-state index contributed by atoms with van der Waals surface area (Å²) < 4.78 is 12.5. The molecule has 0 spiro atoms. The van der Waals surface area contributed by atoms with Gasteiger partial charge in [0.15, 0.2) is 0 Å². The molecule has 168 valence electrons. The zero-order valence-electron chi connectivity index (χ0n) is 17.9. The molecule has 1 N–H and O–H groups in total. The van der Waals surface area contributed by atoms with Gasteiger partial charge in [0, 0.05) is 6.54 Å². The van der Waals surface area contributed by atoms with Crippen LogP contribution in [0.4, 0.5) is 10.5 Å². The van der Waals surface area contributed by atoms with Crippen molar-refractivity contribution in [2.24, 2.45) is 0 Å². The van der Waals surface area contributed by atoms with Crippen molar-refractivity contribution in [2.45, 2.75) is 20.3 Å². The SMILES string of the molecule is CCCOc1ccc(C(=O)O)cc1N(CC)C(=O)n1nnn(-c2ccccc2OC)c1=O. The lowest BCUT2D eigenvalue weighted by molar-refractivity contribution is 0.0697. The summed E-state index contributed by atoms with van der Waals surface area (Å²) in [6.07, 6.45) is 0.715. The van der Waals surface area contributed by atoms with E-state index in [4.69, 9.17) is 9.47 Å². The third-order valence-corrected chi connectivity index (χ3v) is 4.58. The van der Waals surface area contributed by atoms with Gasteiger partial charge in [0.2, 0.25) is 0 Å². The Kier molecular flexibility index (Phi) is 6.88. The number of aromatic nitrogens is 4. The van der Waals surface area contributed by atoms with E-state index in [2.05, 4.69) is 10.4 Å². The first-order valence-electron chi connectivity index (χ1n) is 9.93. The lowest BCUT2D eigenvalue weighted by Gasteiger charge is -2.23. The lowest BCUT2D eigenvalue weighted by Crippen LogP contribution is -2.41. The molecule has 3 aromatic rings. The highest BCUT2D eigenvalue weighted by molar-refractivity contribution is 5.97. The monoisotopic (exact) mass is 441 g/mol. The molecule has 0 atom stereocenters. The molecule has 2 aromatic carbocycles. The molecule has 0 bridgehead atoms. The van der Waals surface area contributed by atoms with Crippen molar-refractivity contribution in [3.05, 3.63) is 58.5 Å². The maximum atomic E-state index is 13.2. The molecule has 0 fully saturated rings. The predicted octanol–water partition coefficient (Wildman–Crippen LogP) is 2.42. The molecule has 32 heavy (non-hydrogen) atoms. The predicted molar refractivity (Wildman–Crippen MR) is 115 cm³/mol. The molecule has 1 heterocycles. The summed E-state index contributed by atoms with van der Waals surface area (Å²) >= 11 is 0. The number of methoxy groups -OCH3 is 1. The summed E-state index contributed by atoms with van der Waals surface area (Å²) in [5, 5.41) is 16.9. The fraction of sp³-hybridized carbons (Fsp3) is 0.286. The van der Waals surface area contributed by atoms with E-state index in [1.807, 2.05) is 6.92 Å². The van der Waals surface area contributed by atoms with E-state index in [0.29, 0.717) is 34.9 Å². The Morgan fingerprint density at radius 3 is 2.50 bits per heavy atom. The van der Waals surface area contributed by atoms with Crippen LogP contribution in [0.1, 0.15) is 30.6 Å². The van der Waals surface area contributed by atoms with Gasteiger partial charge < -0.3 is 14.6 Å². The Morgan fingerprint density at radius 2 is 1.84 bits per heavy atom. The maximum absolute atomic E-state index is 13.2. The Morgan fingerprint density at radius 1 is 1.09 bits per heavy atom. The highest BCUT2D eigenvalue weighted by atomic mass is 16.5. The van der Waals surface area contributed by atoms with Crippen LogP contribution in [0.5, 0.6) is 11.5 Å². The van der Waals surface area contributed by atoms with Crippen molar-refractivity contribution in [3.63, 3.8) is 0 Å². The number of carboxylic acids is 1. The van der Waals surface area contributed by atoms with Crippen molar-refractivity contribution >= 4 is 17.7 Å². The van der Waals surface area contributed by atoms with Gasteiger partial charge in [-0.15, -0.1) is 4.68 Å². The number of ether oxygens (including phenoxy) is 2. The first kappa shape index (κ1) is 22.5. The Bertz CT molecular complexity index is 1190. The van der Waals surface area contributed by atoms with Crippen LogP contribution in [0.3, 0.4) is 0 Å². The molecular formula is C21H23N5O6. The number of nitrogens with zero attached hydrogens (tertiary/aromatic N) is 5. The fourth-order valence-electron chi connectivity index (χ4n) is 3.04. The summed E-state index contributed by atoms with van der Waals surface area (Å²) in [4.78, 5) is 38.9. The van der Waals surface area contributed by atoms with E-state index in [1.54, 1.807) is 31.2 Å². The van der Waals surface area contributed by atoms with Crippen molar-refractivity contribution in [2.75, 3.05) is 25.2 Å². The van der Waals surface area contributed by atoms with Gasteiger partial charge in [0.05, 0.1) is 25.0 Å². The molecule has 0 aliphatic heterocycles. The first-order chi connectivity index (χ1) is 15.4. The van der Waals surface area contributed by atoms with E-state index < -0.39 is 17.7 Å². The molecule has 0 saturated heterocycles. The maximum Gasteiger partial charge on any atom is 0.377 e. The Hall–Kier alpha value is -4.15. The third kappa shape index (κ3) is 4.31. The number of tetrazole rings is 1. The number of hydrogen-bond donors (Lipinski definition) is 1. The smallest absolute Gasteiger partial charge is 0.377 e. The molecule has 3 rings (SSSR count). The van der Waals surface area contributed by atoms with Gasteiger partial charge in [-0.25, -0.2) is 14.4 Å². The molecule has 11 nitrogen and oxygen atoms in total. The number of aromatic carboxylic acids is 1. The van der Waals surface area contributed by atoms with Crippen molar-refractivity contribution in [1.29, 1.82) is 0 Å². The van der Waals surface area contributed by atoms with Crippen LogP contribution in [0.25, 0.3) is 5.69 Å². The van der Waals surface area contributed by atoms with E-state index in [1.165, 1.54) is 30.2 Å². The number of carboxylic acid groups (broad SMARTS) is 1. The number of para-hydroxylation sites is 2. The van der Waals surface area contributed by atoms with E-state index in [-0.39, 0.29) is 17.8 Å². The number of anilines is 1. The second-order valence-corrected chi connectivity index (χ2v) is 6.62. The van der Waals surface area contributed by atoms with Gasteiger partial charge in [-0.1, -0.05) is 19.1 Å². The molecule has 0 radical (unpaired) electrons. The van der Waals surface area contributed by atoms with Gasteiger partial charge in [-0.2, -0.15) is 4.68 Å². The first-order valence-corrected chi connectivity index (χ1v) is 9.93. The van der Waals surface area contributed by atoms with Crippen molar-refractivity contribution < 1.29 is 24.2 Å². The standard InChI is InChI=1S/C21H23N5O6/c1-4-12-32-18-11-10-14(19(27)28)13-16(18)24(5-2)20(29)26-21(30)25(22-23-26)15-8-6-7-9-17(15)31-3/h6-11,13H,4-5,12H2,1-3H3,(H,27,28). The van der Waals surface area contributed by atoms with Gasteiger partial charge in [-0.3, -0.25) is 4.90 Å². The van der Waals surface area contributed by atoms with Crippen molar-refractivity contribution in [1.82, 2.24) is 19.8 Å². The summed E-state index contributed by atoms with van der Waals surface area (Å²) in [6, 6.07) is 10.1. The van der Waals surface area contributed by atoms with Gasteiger partial charge >= 0.3 is 17.7 Å². The van der Waals surface area contributed by atoms with Crippen LogP contribution >= 0.6 is 0 Å². The van der Waals surface area contributed by atoms with E-state index >= 15 is 0 Å². The summed E-state index contributed by atoms with van der Waals surface area (Å²) in [5.41, 5.74) is -0.296. The number of rotatable bonds is 8. The van der Waals surface area contributed by atoms with Crippen LogP contribution in [-0.2, 0) is 0 Å². The van der Waals surface area contributed by atoms with Crippen LogP contribution < -0.4 is 20.1 Å². The third-order valence-electron chi connectivity index (χ3n) is 4.58. The van der Waals surface area contributed by atoms with E-state index in [9.17, 15) is 19.5 Å². The number of carbonyl (C=O) groups is 2. The molecule has 0 saturated carbocycles. The lowest BCUT2D eigenvalue weighted by atomic mass is 10.1. The van der Waals surface area contributed by atoms with Crippen LogP contribution in [0.2, 0.25) is 0 Å². The molecule has 0 aliphatic carbocycles. The minimum Gasteiger partial charge on any atom is -0.494 e. The fourth-order valence-corrected chi connectivity index (χ4v) is 3.04. The number of hydrogen-bond acceptors (Lipinski definition) is 7. The highest BCUT2D eigenvalue weighted by Gasteiger charge is 2.26. The zero-order valence-corrected chi connectivity index (χ0v) is 17.9. The minimum absolute atomic E-state index is 0.0277. The van der Waals surface area contributed by atoms with Gasteiger partial charge in [0.25, 0.3) is 0 Å². The number of amides is 1. The summed E-state index contributed by atoms with van der Waals surface area (Å²) in [5.74, 6) is -0.459. The molecule has 1 aromatic heterocycles. The second kappa shape index (κ2) is 9.77. The Balaban J connectivity index is 2.05. The Labute approximate surface area is 183 Å². The molecule has 1 amide bonds. The molecule has 0 unspecified atom stereocenters. The normalized spacial score (nSPS) is 10.6. The van der Waals surface area contributed by atoms with E-state index in [0.717, 1.165) is 4.68 Å². The van der Waals surface area contributed by atoms with Crippen LogP contribution in [0, 0.1) is 0 Å². The average molecular weight is 441 g/mol. The number of benzene rings is 2. The van der Waals surface area contributed by atoms with Gasteiger partial charge in [-0.05, 0) is 54.1 Å². The summed E-state index contributed by atoms with van der Waals surface area (Å²) in [6.45, 7) is 4.10. The molecule has 0 aliphatic rings. The largest absolute Gasteiger partial charge is 0.494 e. The topological polar surface area (TPSA) is 129 Å². The van der Waals surface area contributed by atoms with Crippen molar-refractivity contribution in [3.8, 4) is 17.2 Å². The second-order valence-electron chi connectivity index (χ2n) is 6.62. The zero-order chi connectivity index (χ0) is 23.3. The van der Waals surface area contributed by atoms with Gasteiger partial charge in [0.1, 0.15) is 17.2 Å². The molecule has 11 heteroatoms. The van der Waals surface area contributed by atoms with Crippen LogP contribution in [-0.4, -0.2) is 57.2 Å². The minimum atomic E-state index is -1.16.